The minimum absolute atomic E-state index is 0.0818. The van der Waals surface area contributed by atoms with E-state index in [4.69, 9.17) is 18.7 Å². The highest BCUT2D eigenvalue weighted by molar-refractivity contribution is 7.13. The molecule has 3 rings (SSSR count). The fourth-order valence-corrected chi connectivity index (χ4v) is 3.15. The monoisotopic (exact) mass is 402 g/mol. The third kappa shape index (κ3) is 4.32. The molecule has 0 fully saturated rings. The highest BCUT2D eigenvalue weighted by atomic mass is 32.1. The van der Waals surface area contributed by atoms with Gasteiger partial charge in [-0.05, 0) is 11.4 Å². The number of hydrogen-bond acceptors (Lipinski definition) is 8. The third-order valence-corrected chi connectivity index (χ3v) is 4.61. The number of esters is 1. The largest absolute Gasteiger partial charge is 0.493 e. The lowest BCUT2D eigenvalue weighted by molar-refractivity contribution is -0.114. The molecule has 1 N–H and O–H groups in total. The highest BCUT2D eigenvalue weighted by Gasteiger charge is 2.20. The van der Waals surface area contributed by atoms with E-state index in [-0.39, 0.29) is 23.8 Å². The minimum Gasteiger partial charge on any atom is -0.493 e. The van der Waals surface area contributed by atoms with Crippen LogP contribution in [0, 0.1) is 0 Å². The van der Waals surface area contributed by atoms with Gasteiger partial charge in [0.05, 0.1) is 30.3 Å². The van der Waals surface area contributed by atoms with E-state index >= 15 is 0 Å². The van der Waals surface area contributed by atoms with Gasteiger partial charge in [-0.1, -0.05) is 11.2 Å². The van der Waals surface area contributed by atoms with Gasteiger partial charge in [0.15, 0.2) is 17.3 Å². The normalized spacial score (nSPS) is 10.4. The molecule has 3 aromatic rings. The maximum absolute atomic E-state index is 12.6. The lowest BCUT2D eigenvalue weighted by atomic mass is 10.1. The van der Waals surface area contributed by atoms with Crippen molar-refractivity contribution in [2.45, 2.75) is 13.5 Å². The summed E-state index contributed by atoms with van der Waals surface area (Å²) in [6.45, 7) is 1.26. The van der Waals surface area contributed by atoms with Crippen LogP contribution in [-0.4, -0.2) is 31.3 Å². The number of aromatic nitrogens is 1. The molecule has 2 heterocycles. The van der Waals surface area contributed by atoms with Gasteiger partial charge in [-0.2, -0.15) is 0 Å². The van der Waals surface area contributed by atoms with Gasteiger partial charge < -0.3 is 24.1 Å². The average molecular weight is 402 g/mol. The second-order valence-electron chi connectivity index (χ2n) is 5.67. The Morgan fingerprint density at radius 3 is 2.57 bits per heavy atom. The smallest absolute Gasteiger partial charge is 0.340 e. The van der Waals surface area contributed by atoms with E-state index in [0.29, 0.717) is 23.0 Å². The minimum atomic E-state index is -0.648. The van der Waals surface area contributed by atoms with Gasteiger partial charge in [-0.15, -0.1) is 11.3 Å². The molecule has 0 unspecified atom stereocenters. The Morgan fingerprint density at radius 1 is 1.18 bits per heavy atom. The van der Waals surface area contributed by atoms with Gasteiger partial charge in [0, 0.05) is 25.1 Å². The van der Waals surface area contributed by atoms with Crippen LogP contribution in [0.1, 0.15) is 23.0 Å². The molecule has 9 heteroatoms. The van der Waals surface area contributed by atoms with Crippen molar-refractivity contribution in [2.24, 2.45) is 0 Å². The quantitative estimate of drug-likeness (QED) is 0.601. The Hall–Kier alpha value is -3.33. The number of ether oxygens (including phenoxy) is 3. The summed E-state index contributed by atoms with van der Waals surface area (Å²) in [6.07, 6.45) is 0. The Bertz CT molecular complexity index is 980. The van der Waals surface area contributed by atoms with Crippen molar-refractivity contribution in [2.75, 3.05) is 19.5 Å². The summed E-state index contributed by atoms with van der Waals surface area (Å²) in [5.74, 6) is 0.333. The molecule has 0 radical (unpaired) electrons. The van der Waals surface area contributed by atoms with Gasteiger partial charge in [-0.25, -0.2) is 4.79 Å². The van der Waals surface area contributed by atoms with Crippen molar-refractivity contribution in [3.05, 3.63) is 47.0 Å². The van der Waals surface area contributed by atoms with Crippen LogP contribution >= 0.6 is 11.3 Å². The molecular weight excluding hydrogens is 384 g/mol. The maximum atomic E-state index is 12.6. The fourth-order valence-electron chi connectivity index (χ4n) is 2.47. The van der Waals surface area contributed by atoms with Crippen LogP contribution < -0.4 is 14.8 Å². The summed E-state index contributed by atoms with van der Waals surface area (Å²) in [5.41, 5.74) is 0.864. The van der Waals surface area contributed by atoms with E-state index in [1.165, 1.54) is 44.6 Å². The molecule has 8 nitrogen and oxygen atoms in total. The number of nitrogens with one attached hydrogen (secondary N) is 1. The molecule has 0 bridgehead atoms. The molecule has 0 aliphatic rings. The molecule has 0 saturated heterocycles. The number of hydrogen-bond donors (Lipinski definition) is 1. The van der Waals surface area contributed by atoms with Crippen molar-refractivity contribution < 1.29 is 28.3 Å². The van der Waals surface area contributed by atoms with Gasteiger partial charge in [0.2, 0.25) is 5.91 Å². The van der Waals surface area contributed by atoms with Crippen molar-refractivity contribution in [1.29, 1.82) is 0 Å². The van der Waals surface area contributed by atoms with E-state index in [1.54, 1.807) is 6.07 Å². The van der Waals surface area contributed by atoms with Crippen molar-refractivity contribution in [3.8, 4) is 22.1 Å². The number of methoxy groups -OCH3 is 2. The molecule has 0 aliphatic carbocycles. The number of benzene rings is 1. The Balaban J connectivity index is 1.78. The van der Waals surface area contributed by atoms with E-state index in [0.717, 1.165) is 4.88 Å². The predicted molar refractivity (Wildman–Crippen MR) is 103 cm³/mol. The summed E-state index contributed by atoms with van der Waals surface area (Å²) in [7, 11) is 2.91. The molecule has 0 atom stereocenters. The Morgan fingerprint density at radius 2 is 1.93 bits per heavy atom. The van der Waals surface area contributed by atoms with Crippen molar-refractivity contribution in [3.63, 3.8) is 0 Å². The number of thiophene rings is 1. The summed E-state index contributed by atoms with van der Waals surface area (Å²) >= 11 is 1.52. The van der Waals surface area contributed by atoms with Crippen LogP contribution in [0.4, 0.5) is 5.69 Å². The summed E-state index contributed by atoms with van der Waals surface area (Å²) < 4.78 is 21.0. The molecule has 0 spiro atoms. The second-order valence-corrected chi connectivity index (χ2v) is 6.62. The topological polar surface area (TPSA) is 99.9 Å². The Kier molecular flexibility index (Phi) is 5.95. The number of rotatable bonds is 7. The van der Waals surface area contributed by atoms with Crippen LogP contribution in [-0.2, 0) is 16.1 Å². The zero-order chi connectivity index (χ0) is 20.1. The van der Waals surface area contributed by atoms with Gasteiger partial charge in [0.1, 0.15) is 12.3 Å². The van der Waals surface area contributed by atoms with E-state index in [2.05, 4.69) is 10.5 Å². The number of anilines is 1. The van der Waals surface area contributed by atoms with Crippen LogP contribution in [0.2, 0.25) is 0 Å². The van der Waals surface area contributed by atoms with Crippen LogP contribution in [0.25, 0.3) is 10.6 Å². The maximum Gasteiger partial charge on any atom is 0.340 e. The van der Waals surface area contributed by atoms with Crippen LogP contribution in [0.5, 0.6) is 11.5 Å². The van der Waals surface area contributed by atoms with Gasteiger partial charge >= 0.3 is 5.97 Å². The van der Waals surface area contributed by atoms with E-state index in [9.17, 15) is 9.59 Å². The molecule has 2 aromatic heterocycles. The molecule has 28 heavy (non-hydrogen) atoms. The second kappa shape index (κ2) is 8.57. The first-order valence-corrected chi connectivity index (χ1v) is 9.10. The first-order chi connectivity index (χ1) is 13.5. The lowest BCUT2D eigenvalue weighted by Gasteiger charge is -2.14. The number of carbonyl (C=O) groups excluding carboxylic acids is 2. The van der Waals surface area contributed by atoms with Crippen LogP contribution in [0.15, 0.2) is 40.2 Å². The average Bonchev–Trinajstić information content (AvgIpc) is 3.36. The summed E-state index contributed by atoms with van der Waals surface area (Å²) in [6, 6.07) is 8.48. The van der Waals surface area contributed by atoms with Crippen molar-refractivity contribution in [1.82, 2.24) is 5.16 Å². The summed E-state index contributed by atoms with van der Waals surface area (Å²) in [5, 5.41) is 8.43. The molecule has 1 amide bonds. The molecular formula is C19H18N2O6S. The zero-order valence-corrected chi connectivity index (χ0v) is 16.3. The number of nitrogens with zero attached hydrogens (tertiary/aromatic N) is 1. The fraction of sp³-hybridized carbons (Fsp3) is 0.211. The standard InChI is InChI=1S/C19H18N2O6S/c1-11(22)20-14-9-16(25-3)15(24-2)8-13(14)19(23)26-10-12-7-17(27-21-12)18-5-4-6-28-18/h4-9H,10H2,1-3H3,(H,20,22). The predicted octanol–water partition coefficient (Wildman–Crippen LogP) is 3.74. The van der Waals surface area contributed by atoms with E-state index in [1.807, 2.05) is 17.5 Å². The van der Waals surface area contributed by atoms with Gasteiger partial charge in [0.25, 0.3) is 0 Å². The molecule has 1 aromatic carbocycles. The molecule has 0 aliphatic heterocycles. The van der Waals surface area contributed by atoms with Crippen molar-refractivity contribution >= 4 is 28.9 Å². The molecule has 0 saturated carbocycles. The van der Waals surface area contributed by atoms with E-state index < -0.39 is 5.97 Å². The first kappa shape index (κ1) is 19.4. The summed E-state index contributed by atoms with van der Waals surface area (Å²) in [4.78, 5) is 25.0. The number of carbonyl (C=O) groups is 2. The SMILES string of the molecule is COc1cc(NC(C)=O)c(C(=O)OCc2cc(-c3cccs3)on2)cc1OC. The third-order valence-electron chi connectivity index (χ3n) is 3.73. The van der Waals surface area contributed by atoms with Gasteiger partial charge in [-0.3, -0.25) is 4.79 Å². The number of amides is 1. The Labute approximate surface area is 165 Å². The first-order valence-electron chi connectivity index (χ1n) is 8.22. The highest BCUT2D eigenvalue weighted by Crippen LogP contribution is 2.34. The molecule has 146 valence electrons. The lowest BCUT2D eigenvalue weighted by Crippen LogP contribution is -2.13. The van der Waals surface area contributed by atoms with Crippen LogP contribution in [0.3, 0.4) is 0 Å². The zero-order valence-electron chi connectivity index (χ0n) is 15.5.